The monoisotopic (exact) mass is 477 g/mol. The number of ether oxygens (including phenoxy) is 2. The molecule has 0 spiro atoms. The molecule has 10 heteroatoms. The van der Waals surface area contributed by atoms with Crippen LogP contribution in [0.1, 0.15) is 18.2 Å². The summed E-state index contributed by atoms with van der Waals surface area (Å²) >= 11 is 0.824. The second-order valence-electron chi connectivity index (χ2n) is 6.88. The number of anilines is 1. The maximum absolute atomic E-state index is 13.5. The van der Waals surface area contributed by atoms with Crippen LogP contribution >= 0.6 is 11.8 Å². The van der Waals surface area contributed by atoms with Crippen molar-refractivity contribution in [1.29, 1.82) is 0 Å². The minimum atomic E-state index is -4.67. The number of hydrogen-bond donors (Lipinski definition) is 1. The summed E-state index contributed by atoms with van der Waals surface area (Å²) in [6, 6.07) is 12.9. The molecule has 1 heterocycles. The van der Waals surface area contributed by atoms with E-state index in [1.807, 2.05) is 25.1 Å². The summed E-state index contributed by atoms with van der Waals surface area (Å²) in [4.78, 5) is 20.2. The number of thioether (sulfide) groups is 1. The van der Waals surface area contributed by atoms with E-state index < -0.39 is 11.9 Å². The van der Waals surface area contributed by atoms with Gasteiger partial charge in [0.05, 0.1) is 25.7 Å². The lowest BCUT2D eigenvalue weighted by Gasteiger charge is -2.12. The summed E-state index contributed by atoms with van der Waals surface area (Å²) in [5.74, 6) is 0.264. The van der Waals surface area contributed by atoms with Gasteiger partial charge in [0.15, 0.2) is 16.7 Å². The fourth-order valence-corrected chi connectivity index (χ4v) is 3.63. The third-order valence-electron chi connectivity index (χ3n) is 4.63. The molecule has 3 rings (SSSR count). The van der Waals surface area contributed by atoms with Gasteiger partial charge in [-0.2, -0.15) is 13.2 Å². The van der Waals surface area contributed by atoms with E-state index in [2.05, 4.69) is 15.3 Å². The van der Waals surface area contributed by atoms with E-state index >= 15 is 0 Å². The van der Waals surface area contributed by atoms with Crippen molar-refractivity contribution in [2.24, 2.45) is 0 Å². The number of nitrogens with one attached hydrogen (secondary N) is 1. The minimum Gasteiger partial charge on any atom is -0.493 e. The zero-order valence-electron chi connectivity index (χ0n) is 18.2. The summed E-state index contributed by atoms with van der Waals surface area (Å²) in [5.41, 5.74) is 1.03. The van der Waals surface area contributed by atoms with Crippen molar-refractivity contribution >= 4 is 23.4 Å². The van der Waals surface area contributed by atoms with Gasteiger partial charge in [-0.15, -0.1) is 0 Å². The number of amides is 1. The van der Waals surface area contributed by atoms with Crippen LogP contribution in [0, 0.1) is 0 Å². The summed E-state index contributed by atoms with van der Waals surface area (Å²) in [6.45, 7) is 2.00. The number of alkyl halides is 3. The van der Waals surface area contributed by atoms with Crippen molar-refractivity contribution in [3.63, 3.8) is 0 Å². The molecule has 0 unspecified atom stereocenters. The maximum Gasteiger partial charge on any atom is 0.433 e. The van der Waals surface area contributed by atoms with Gasteiger partial charge in [0.2, 0.25) is 5.91 Å². The van der Waals surface area contributed by atoms with Crippen molar-refractivity contribution in [1.82, 2.24) is 9.97 Å². The first-order chi connectivity index (χ1) is 15.7. The Morgan fingerprint density at radius 1 is 1.03 bits per heavy atom. The lowest BCUT2D eigenvalue weighted by atomic mass is 10.1. The normalized spacial score (nSPS) is 11.2. The molecular formula is C23H22F3N3O3S. The van der Waals surface area contributed by atoms with E-state index in [0.717, 1.165) is 29.8 Å². The Kier molecular flexibility index (Phi) is 7.80. The van der Waals surface area contributed by atoms with Gasteiger partial charge < -0.3 is 14.8 Å². The van der Waals surface area contributed by atoms with Crippen LogP contribution in [-0.2, 0) is 17.4 Å². The first-order valence-corrected chi connectivity index (χ1v) is 10.9. The number of nitrogens with zero attached hydrogens (tertiary/aromatic N) is 2. The molecule has 33 heavy (non-hydrogen) atoms. The fourth-order valence-electron chi connectivity index (χ4n) is 2.97. The predicted molar refractivity (Wildman–Crippen MR) is 121 cm³/mol. The molecular weight excluding hydrogens is 455 g/mol. The molecule has 0 aliphatic heterocycles. The van der Waals surface area contributed by atoms with Gasteiger partial charge in [0.25, 0.3) is 0 Å². The van der Waals surface area contributed by atoms with Gasteiger partial charge in [-0.1, -0.05) is 30.8 Å². The second-order valence-corrected chi connectivity index (χ2v) is 7.82. The number of hydrogen-bond acceptors (Lipinski definition) is 6. The standard InChI is InChI=1S/C23H22F3N3O3S/c1-4-14-6-5-7-16(10-14)27-21(30)13-33-22-28-17(12-20(29-22)23(24,25)26)15-8-9-18(31-2)19(11-15)32-3/h5-12H,4,13H2,1-3H3,(H,27,30). The molecule has 1 N–H and O–H groups in total. The number of carbonyl (C=O) groups excluding carboxylic acids is 1. The fraction of sp³-hybridized carbons (Fsp3) is 0.261. The second kappa shape index (κ2) is 10.6. The quantitative estimate of drug-likeness (QED) is 0.343. The predicted octanol–water partition coefficient (Wildman–Crippen LogP) is 5.47. The Hall–Kier alpha value is -3.27. The first-order valence-electron chi connectivity index (χ1n) is 9.93. The van der Waals surface area contributed by atoms with Gasteiger partial charge in [-0.25, -0.2) is 9.97 Å². The first kappa shape index (κ1) is 24.4. The Morgan fingerprint density at radius 2 is 1.79 bits per heavy atom. The minimum absolute atomic E-state index is 0.0526. The van der Waals surface area contributed by atoms with Crippen molar-refractivity contribution in [2.45, 2.75) is 24.7 Å². The van der Waals surface area contributed by atoms with Crippen molar-refractivity contribution in [2.75, 3.05) is 25.3 Å². The molecule has 3 aromatic rings. The lowest BCUT2D eigenvalue weighted by Crippen LogP contribution is -2.15. The molecule has 0 saturated heterocycles. The van der Waals surface area contributed by atoms with Crippen LogP contribution < -0.4 is 14.8 Å². The zero-order chi connectivity index (χ0) is 24.0. The molecule has 6 nitrogen and oxygen atoms in total. The SMILES string of the molecule is CCc1cccc(NC(=O)CSc2nc(-c3ccc(OC)c(OC)c3)cc(C(F)(F)F)n2)c1. The molecule has 0 atom stereocenters. The van der Waals surface area contributed by atoms with E-state index in [1.54, 1.807) is 18.2 Å². The molecule has 0 fully saturated rings. The average Bonchev–Trinajstić information content (AvgIpc) is 2.81. The van der Waals surface area contributed by atoms with E-state index in [1.165, 1.54) is 20.3 Å². The van der Waals surface area contributed by atoms with Crippen LogP contribution in [-0.4, -0.2) is 35.8 Å². The Bertz CT molecular complexity index is 1140. The van der Waals surface area contributed by atoms with Gasteiger partial charge >= 0.3 is 6.18 Å². The molecule has 0 aliphatic carbocycles. The Labute approximate surface area is 193 Å². The molecule has 0 aliphatic rings. The highest BCUT2D eigenvalue weighted by molar-refractivity contribution is 7.99. The van der Waals surface area contributed by atoms with Crippen LogP contribution in [0.4, 0.5) is 18.9 Å². The molecule has 2 aromatic carbocycles. The van der Waals surface area contributed by atoms with Crippen LogP contribution in [0.5, 0.6) is 11.5 Å². The number of benzene rings is 2. The van der Waals surface area contributed by atoms with Crippen LogP contribution in [0.2, 0.25) is 0 Å². The van der Waals surface area contributed by atoms with Crippen molar-refractivity contribution < 1.29 is 27.4 Å². The topological polar surface area (TPSA) is 73.3 Å². The van der Waals surface area contributed by atoms with Crippen LogP contribution in [0.15, 0.2) is 53.7 Å². The highest BCUT2D eigenvalue weighted by Crippen LogP contribution is 2.35. The smallest absolute Gasteiger partial charge is 0.433 e. The van der Waals surface area contributed by atoms with E-state index in [0.29, 0.717) is 22.7 Å². The zero-order valence-corrected chi connectivity index (χ0v) is 19.0. The molecule has 174 valence electrons. The summed E-state index contributed by atoms with van der Waals surface area (Å²) < 4.78 is 50.8. The van der Waals surface area contributed by atoms with E-state index in [-0.39, 0.29) is 22.5 Å². The van der Waals surface area contributed by atoms with Gasteiger partial charge in [0.1, 0.15) is 5.69 Å². The van der Waals surface area contributed by atoms with E-state index in [4.69, 9.17) is 9.47 Å². The maximum atomic E-state index is 13.5. The molecule has 1 aromatic heterocycles. The highest BCUT2D eigenvalue weighted by atomic mass is 32.2. The lowest BCUT2D eigenvalue weighted by molar-refractivity contribution is -0.141. The van der Waals surface area contributed by atoms with Gasteiger partial charge in [-0.3, -0.25) is 4.79 Å². The third-order valence-corrected chi connectivity index (χ3v) is 5.47. The van der Waals surface area contributed by atoms with Crippen molar-refractivity contribution in [3.05, 3.63) is 59.8 Å². The number of rotatable bonds is 8. The number of aromatic nitrogens is 2. The van der Waals surface area contributed by atoms with Crippen molar-refractivity contribution in [3.8, 4) is 22.8 Å². The number of aryl methyl sites for hydroxylation is 1. The van der Waals surface area contributed by atoms with Gasteiger partial charge in [-0.05, 0) is 48.4 Å². The van der Waals surface area contributed by atoms with E-state index in [9.17, 15) is 18.0 Å². The number of methoxy groups -OCH3 is 2. The Morgan fingerprint density at radius 3 is 2.45 bits per heavy atom. The van der Waals surface area contributed by atoms with Crippen LogP contribution in [0.25, 0.3) is 11.3 Å². The molecule has 1 amide bonds. The number of halogens is 3. The highest BCUT2D eigenvalue weighted by Gasteiger charge is 2.34. The molecule has 0 saturated carbocycles. The molecule has 0 bridgehead atoms. The molecule has 0 radical (unpaired) electrons. The summed E-state index contributed by atoms with van der Waals surface area (Å²) in [5, 5.41) is 2.58. The largest absolute Gasteiger partial charge is 0.493 e. The number of carbonyl (C=O) groups is 1. The average molecular weight is 478 g/mol. The summed E-state index contributed by atoms with van der Waals surface area (Å²) in [7, 11) is 2.89. The summed E-state index contributed by atoms with van der Waals surface area (Å²) in [6.07, 6.45) is -3.86. The third kappa shape index (κ3) is 6.38. The van der Waals surface area contributed by atoms with Crippen LogP contribution in [0.3, 0.4) is 0 Å². The van der Waals surface area contributed by atoms with Gasteiger partial charge in [0, 0.05) is 11.3 Å². The Balaban J connectivity index is 1.84.